The van der Waals surface area contributed by atoms with Crippen LogP contribution in [0.15, 0.2) is 35.5 Å². The van der Waals surface area contributed by atoms with Crippen molar-refractivity contribution in [3.63, 3.8) is 0 Å². The maximum absolute atomic E-state index is 12.6. The Kier molecular flexibility index (Phi) is 5.58. The third-order valence-electron chi connectivity index (χ3n) is 5.53. The van der Waals surface area contributed by atoms with Crippen LogP contribution >= 0.6 is 0 Å². The van der Waals surface area contributed by atoms with Gasteiger partial charge in [0.2, 0.25) is 0 Å². The van der Waals surface area contributed by atoms with E-state index in [1.165, 1.54) is 10.6 Å². The first kappa shape index (κ1) is 22.4. The van der Waals surface area contributed by atoms with Crippen molar-refractivity contribution in [3.05, 3.63) is 41.6 Å². The Morgan fingerprint density at radius 1 is 1.28 bits per heavy atom. The average molecular weight is 457 g/mol. The van der Waals surface area contributed by atoms with Crippen LogP contribution in [-0.4, -0.2) is 52.3 Å². The summed E-state index contributed by atoms with van der Waals surface area (Å²) in [5, 5.41) is 17.4. The molecule has 1 saturated carbocycles. The van der Waals surface area contributed by atoms with E-state index in [4.69, 9.17) is 0 Å². The van der Waals surface area contributed by atoms with E-state index in [0.29, 0.717) is 34.9 Å². The summed E-state index contributed by atoms with van der Waals surface area (Å²) in [6, 6.07) is 7.00. The van der Waals surface area contributed by atoms with Crippen LogP contribution in [0.25, 0.3) is 16.9 Å². The third kappa shape index (κ3) is 4.83. The van der Waals surface area contributed by atoms with Crippen molar-refractivity contribution in [2.75, 3.05) is 18.1 Å². The van der Waals surface area contributed by atoms with Crippen molar-refractivity contribution >= 4 is 27.0 Å². The first-order valence-corrected chi connectivity index (χ1v) is 12.5. The fraction of sp³-hybridized carbons (Fsp3) is 0.435. The SMILES string of the molecule is Cc1cc(-c2cnc3c(NCC(C)(C)O)cc(S(C)(=O)=O)nn23)ccc1C(=O)CC1CC1. The Balaban J connectivity index is 1.77. The number of ketones is 1. The minimum Gasteiger partial charge on any atom is -0.389 e. The largest absolute Gasteiger partial charge is 0.389 e. The van der Waals surface area contributed by atoms with Crippen molar-refractivity contribution in [3.8, 4) is 11.3 Å². The minimum absolute atomic E-state index is 0.101. The van der Waals surface area contributed by atoms with Gasteiger partial charge in [-0.3, -0.25) is 4.79 Å². The number of hydrogen-bond donors (Lipinski definition) is 2. The van der Waals surface area contributed by atoms with Crippen molar-refractivity contribution in [2.24, 2.45) is 5.92 Å². The Morgan fingerprint density at radius 2 is 2.00 bits per heavy atom. The molecule has 1 aliphatic rings. The first-order valence-electron chi connectivity index (χ1n) is 10.6. The molecule has 0 amide bonds. The van der Waals surface area contributed by atoms with Crippen molar-refractivity contribution in [1.82, 2.24) is 14.6 Å². The second-order valence-electron chi connectivity index (χ2n) is 9.31. The van der Waals surface area contributed by atoms with Crippen LogP contribution in [0.2, 0.25) is 0 Å². The second-order valence-corrected chi connectivity index (χ2v) is 11.3. The van der Waals surface area contributed by atoms with Crippen LogP contribution in [-0.2, 0) is 9.84 Å². The lowest BCUT2D eigenvalue weighted by Crippen LogP contribution is -2.29. The summed E-state index contributed by atoms with van der Waals surface area (Å²) >= 11 is 0. The van der Waals surface area contributed by atoms with E-state index >= 15 is 0 Å². The van der Waals surface area contributed by atoms with Gasteiger partial charge in [0.1, 0.15) is 0 Å². The molecule has 0 spiro atoms. The van der Waals surface area contributed by atoms with Crippen LogP contribution in [0.1, 0.15) is 49.0 Å². The monoisotopic (exact) mass is 456 g/mol. The molecule has 1 fully saturated rings. The lowest BCUT2D eigenvalue weighted by molar-refractivity contribution is 0.0943. The highest BCUT2D eigenvalue weighted by Crippen LogP contribution is 2.34. The number of aromatic nitrogens is 3. The lowest BCUT2D eigenvalue weighted by Gasteiger charge is -2.19. The average Bonchev–Trinajstić information content (AvgIpc) is 3.39. The molecular weight excluding hydrogens is 428 g/mol. The van der Waals surface area contributed by atoms with Crippen LogP contribution in [0.5, 0.6) is 0 Å². The predicted molar refractivity (Wildman–Crippen MR) is 123 cm³/mol. The van der Waals surface area contributed by atoms with Crippen molar-refractivity contribution in [2.45, 2.75) is 50.7 Å². The fourth-order valence-electron chi connectivity index (χ4n) is 3.60. The zero-order chi connectivity index (χ0) is 23.3. The second kappa shape index (κ2) is 7.97. The summed E-state index contributed by atoms with van der Waals surface area (Å²) in [5.74, 6) is 0.680. The number of benzene rings is 1. The molecule has 8 nitrogen and oxygen atoms in total. The van der Waals surface area contributed by atoms with E-state index in [0.717, 1.165) is 30.2 Å². The van der Waals surface area contributed by atoms with E-state index in [1.807, 2.05) is 25.1 Å². The van der Waals surface area contributed by atoms with Gasteiger partial charge >= 0.3 is 0 Å². The molecule has 0 radical (unpaired) electrons. The maximum Gasteiger partial charge on any atom is 0.194 e. The molecule has 0 saturated heterocycles. The number of carbonyl (C=O) groups is 1. The number of rotatable bonds is 8. The molecule has 3 aromatic rings. The molecule has 32 heavy (non-hydrogen) atoms. The van der Waals surface area contributed by atoms with Crippen LogP contribution < -0.4 is 5.32 Å². The number of anilines is 1. The molecule has 4 rings (SSSR count). The van der Waals surface area contributed by atoms with Gasteiger partial charge in [-0.15, -0.1) is 0 Å². The van der Waals surface area contributed by atoms with Gasteiger partial charge < -0.3 is 10.4 Å². The molecule has 0 bridgehead atoms. The van der Waals surface area contributed by atoms with Crippen LogP contribution in [0.4, 0.5) is 5.69 Å². The number of hydrogen-bond acceptors (Lipinski definition) is 7. The lowest BCUT2D eigenvalue weighted by atomic mass is 9.98. The Bertz CT molecular complexity index is 1300. The molecule has 2 aromatic heterocycles. The van der Waals surface area contributed by atoms with Gasteiger partial charge in [0.15, 0.2) is 26.3 Å². The summed E-state index contributed by atoms with van der Waals surface area (Å²) in [5.41, 5.74) is 2.88. The maximum atomic E-state index is 12.6. The highest BCUT2D eigenvalue weighted by atomic mass is 32.2. The van der Waals surface area contributed by atoms with Gasteiger partial charge in [-0.2, -0.15) is 5.10 Å². The Labute approximate surface area is 187 Å². The number of sulfone groups is 1. The zero-order valence-electron chi connectivity index (χ0n) is 18.7. The van der Waals surface area contributed by atoms with Gasteiger partial charge in [0, 0.05) is 36.4 Å². The summed E-state index contributed by atoms with van der Waals surface area (Å²) in [6.07, 6.45) is 5.57. The number of carbonyl (C=O) groups excluding carboxylic acids is 1. The number of nitrogens with zero attached hydrogens (tertiary/aromatic N) is 3. The topological polar surface area (TPSA) is 114 Å². The minimum atomic E-state index is -3.59. The summed E-state index contributed by atoms with van der Waals surface area (Å²) in [7, 11) is -3.59. The summed E-state index contributed by atoms with van der Waals surface area (Å²) in [4.78, 5) is 17.0. The number of nitrogens with one attached hydrogen (secondary N) is 1. The Morgan fingerprint density at radius 3 is 2.59 bits per heavy atom. The van der Waals surface area contributed by atoms with Gasteiger partial charge in [0.25, 0.3) is 0 Å². The first-order chi connectivity index (χ1) is 14.9. The quantitative estimate of drug-likeness (QED) is 0.500. The van der Waals surface area contributed by atoms with Gasteiger partial charge in [-0.05, 0) is 51.2 Å². The normalized spacial score (nSPS) is 14.7. The standard InChI is InChI=1S/C23H28N4O4S/c1-14-9-16(7-8-17(14)20(28)10-15-5-6-15)19-12-24-22-18(25-13-23(2,3)29)11-21(26-27(19)22)32(4,30)31/h7-9,11-12,15,25,29H,5-6,10,13H2,1-4H3. The molecule has 1 aromatic carbocycles. The van der Waals surface area contributed by atoms with E-state index in [1.54, 1.807) is 20.0 Å². The fourth-order valence-corrected chi connectivity index (χ4v) is 4.16. The van der Waals surface area contributed by atoms with Crippen molar-refractivity contribution < 1.29 is 18.3 Å². The molecule has 0 atom stereocenters. The molecule has 9 heteroatoms. The smallest absolute Gasteiger partial charge is 0.194 e. The molecule has 2 heterocycles. The number of fused-ring (bicyclic) bond motifs is 1. The predicted octanol–water partition coefficient (Wildman–Crippen LogP) is 3.27. The van der Waals surface area contributed by atoms with E-state index in [9.17, 15) is 18.3 Å². The van der Waals surface area contributed by atoms with E-state index in [-0.39, 0.29) is 17.4 Å². The number of aliphatic hydroxyl groups is 1. The van der Waals surface area contributed by atoms with Gasteiger partial charge in [0.05, 0.1) is 23.2 Å². The van der Waals surface area contributed by atoms with Crippen LogP contribution in [0, 0.1) is 12.8 Å². The van der Waals surface area contributed by atoms with Gasteiger partial charge in [-0.1, -0.05) is 12.1 Å². The molecule has 1 aliphatic carbocycles. The number of Topliss-reactive ketones (excluding diaryl/α,β-unsaturated/α-hetero) is 1. The van der Waals surface area contributed by atoms with Gasteiger partial charge in [-0.25, -0.2) is 17.9 Å². The molecular formula is C23H28N4O4S. The summed E-state index contributed by atoms with van der Waals surface area (Å²) in [6.45, 7) is 5.41. The van der Waals surface area contributed by atoms with E-state index in [2.05, 4.69) is 15.4 Å². The van der Waals surface area contributed by atoms with Crippen molar-refractivity contribution in [1.29, 1.82) is 0 Å². The molecule has 0 unspecified atom stereocenters. The number of aryl methyl sites for hydroxylation is 1. The Hall–Kier alpha value is -2.78. The highest BCUT2D eigenvalue weighted by molar-refractivity contribution is 7.90. The van der Waals surface area contributed by atoms with Crippen LogP contribution in [0.3, 0.4) is 0 Å². The molecule has 2 N–H and O–H groups in total. The highest BCUT2D eigenvalue weighted by Gasteiger charge is 2.26. The molecule has 170 valence electrons. The number of imidazole rings is 1. The van der Waals surface area contributed by atoms with E-state index < -0.39 is 15.4 Å². The molecule has 0 aliphatic heterocycles. The zero-order valence-corrected chi connectivity index (χ0v) is 19.5. The summed E-state index contributed by atoms with van der Waals surface area (Å²) < 4.78 is 26.0. The third-order valence-corrected chi connectivity index (χ3v) is 6.49.